The van der Waals surface area contributed by atoms with Crippen molar-refractivity contribution in [2.45, 2.75) is 24.4 Å². The summed E-state index contributed by atoms with van der Waals surface area (Å²) in [5.41, 5.74) is -0.641. The molecule has 88 valence electrons. The van der Waals surface area contributed by atoms with Crippen molar-refractivity contribution in [1.29, 1.82) is 0 Å². The van der Waals surface area contributed by atoms with Gasteiger partial charge in [-0.1, -0.05) is 0 Å². The van der Waals surface area contributed by atoms with Crippen LogP contribution in [-0.2, 0) is 14.3 Å². The van der Waals surface area contributed by atoms with Crippen molar-refractivity contribution in [3.05, 3.63) is 11.8 Å². The van der Waals surface area contributed by atoms with E-state index in [0.29, 0.717) is 6.42 Å². The number of aliphatic carboxylic acids is 1. The molecule has 0 spiro atoms. The van der Waals surface area contributed by atoms with E-state index < -0.39 is 23.8 Å². The molecule has 3 N–H and O–H groups in total. The average molecular weight is 228 g/mol. The van der Waals surface area contributed by atoms with Crippen LogP contribution in [0.3, 0.4) is 0 Å². The van der Waals surface area contributed by atoms with Crippen LogP contribution in [0.5, 0.6) is 0 Å². The molecule has 6 heteroatoms. The lowest BCUT2D eigenvalue weighted by molar-refractivity contribution is -0.151. The van der Waals surface area contributed by atoms with Gasteiger partial charge in [0.15, 0.2) is 0 Å². The van der Waals surface area contributed by atoms with Crippen molar-refractivity contribution in [3.8, 4) is 0 Å². The van der Waals surface area contributed by atoms with E-state index in [2.05, 4.69) is 0 Å². The lowest BCUT2D eigenvalue weighted by Crippen LogP contribution is -2.43. The number of aliphatic hydroxyl groups is 2. The van der Waals surface area contributed by atoms with Gasteiger partial charge in [0, 0.05) is 5.92 Å². The Bertz CT molecular complexity index is 374. The maximum atomic E-state index is 11.0. The van der Waals surface area contributed by atoms with E-state index in [9.17, 15) is 15.0 Å². The maximum Gasteiger partial charge on any atom is 0.334 e. The molecule has 0 amide bonds. The van der Waals surface area contributed by atoms with Gasteiger partial charge in [-0.25, -0.2) is 4.79 Å². The van der Waals surface area contributed by atoms with Crippen molar-refractivity contribution >= 4 is 5.97 Å². The molecule has 0 unspecified atom stereocenters. The fraction of sp³-hybridized carbons (Fsp3) is 0.700. The molecule has 1 saturated carbocycles. The topological polar surface area (TPSA) is 99.5 Å². The lowest BCUT2D eigenvalue weighted by Gasteiger charge is -2.33. The lowest BCUT2D eigenvalue weighted by atomic mass is 9.82. The van der Waals surface area contributed by atoms with Gasteiger partial charge in [0.05, 0.1) is 30.5 Å². The quantitative estimate of drug-likeness (QED) is 0.528. The second-order valence-corrected chi connectivity index (χ2v) is 4.49. The first-order valence-corrected chi connectivity index (χ1v) is 5.15. The number of hydrogen-bond acceptors (Lipinski definition) is 5. The van der Waals surface area contributed by atoms with Gasteiger partial charge in [0.2, 0.25) is 6.29 Å². The molecule has 16 heavy (non-hydrogen) atoms. The first-order valence-electron chi connectivity index (χ1n) is 5.15. The summed E-state index contributed by atoms with van der Waals surface area (Å²) in [6, 6.07) is 0. The first-order chi connectivity index (χ1) is 7.60. The Labute approximate surface area is 91.1 Å². The molecule has 2 aliphatic heterocycles. The zero-order valence-electron chi connectivity index (χ0n) is 8.37. The third kappa shape index (κ3) is 1.04. The number of ether oxygens (including phenoxy) is 2. The molecule has 5 atom stereocenters. The van der Waals surface area contributed by atoms with Gasteiger partial charge in [-0.15, -0.1) is 0 Å². The number of aliphatic hydroxyl groups excluding tert-OH is 2. The predicted molar refractivity (Wildman–Crippen MR) is 49.1 cm³/mol. The largest absolute Gasteiger partial charge is 0.478 e. The zero-order valence-corrected chi connectivity index (χ0v) is 8.37. The smallest absolute Gasteiger partial charge is 0.334 e. The van der Waals surface area contributed by atoms with Gasteiger partial charge in [0.25, 0.3) is 0 Å². The van der Waals surface area contributed by atoms with Crippen LogP contribution in [0.1, 0.15) is 6.42 Å². The summed E-state index contributed by atoms with van der Waals surface area (Å²) in [4.78, 5) is 11.0. The van der Waals surface area contributed by atoms with E-state index in [1.165, 1.54) is 0 Å². The van der Waals surface area contributed by atoms with E-state index in [0.717, 1.165) is 6.26 Å². The van der Waals surface area contributed by atoms with Crippen molar-refractivity contribution < 1.29 is 29.6 Å². The molecule has 0 aromatic carbocycles. The molecule has 1 aliphatic carbocycles. The second-order valence-electron chi connectivity index (χ2n) is 4.49. The monoisotopic (exact) mass is 228 g/mol. The molecule has 2 fully saturated rings. The number of epoxide rings is 1. The van der Waals surface area contributed by atoms with Crippen LogP contribution >= 0.6 is 0 Å². The summed E-state index contributed by atoms with van der Waals surface area (Å²) in [6.07, 6.45) is 0.354. The SMILES string of the molecule is O=C(O)C1=CO[C@@H](O)[C@H]2[C@@H]1C[C@@H]1O[C@]21CO. The zero-order chi connectivity index (χ0) is 11.5. The summed E-state index contributed by atoms with van der Waals surface area (Å²) in [5, 5.41) is 28.0. The van der Waals surface area contributed by atoms with Crippen LogP contribution in [0.15, 0.2) is 11.8 Å². The minimum atomic E-state index is -1.10. The van der Waals surface area contributed by atoms with E-state index in [4.69, 9.17) is 14.6 Å². The third-order valence-electron chi connectivity index (χ3n) is 3.85. The molecule has 3 aliphatic rings. The summed E-state index contributed by atoms with van der Waals surface area (Å²) in [7, 11) is 0. The molecule has 2 heterocycles. The van der Waals surface area contributed by atoms with Gasteiger partial charge < -0.3 is 24.8 Å². The average Bonchev–Trinajstić information content (AvgIpc) is 2.84. The van der Waals surface area contributed by atoms with Crippen LogP contribution in [-0.4, -0.2) is 45.9 Å². The summed E-state index contributed by atoms with van der Waals surface area (Å²) >= 11 is 0. The Kier molecular flexibility index (Phi) is 1.87. The van der Waals surface area contributed by atoms with Gasteiger partial charge in [0.1, 0.15) is 5.60 Å². The van der Waals surface area contributed by atoms with Crippen molar-refractivity contribution in [2.24, 2.45) is 11.8 Å². The summed E-state index contributed by atoms with van der Waals surface area (Å²) < 4.78 is 10.3. The van der Waals surface area contributed by atoms with Crippen molar-refractivity contribution in [2.75, 3.05) is 6.61 Å². The third-order valence-corrected chi connectivity index (χ3v) is 3.85. The van der Waals surface area contributed by atoms with Crippen LogP contribution in [0, 0.1) is 11.8 Å². The molecule has 0 bridgehead atoms. The second kappa shape index (κ2) is 2.97. The predicted octanol–water partition coefficient (Wildman–Crippen LogP) is -0.931. The van der Waals surface area contributed by atoms with E-state index in [-0.39, 0.29) is 24.2 Å². The molecule has 0 aromatic heterocycles. The minimum absolute atomic E-state index is 0.152. The highest BCUT2D eigenvalue weighted by Gasteiger charge is 2.72. The summed E-state index contributed by atoms with van der Waals surface area (Å²) in [5.74, 6) is -1.83. The molecule has 1 saturated heterocycles. The van der Waals surface area contributed by atoms with Crippen LogP contribution in [0.2, 0.25) is 0 Å². The molecular formula is C10H12O6. The molecule has 0 radical (unpaired) electrons. The molecule has 3 rings (SSSR count). The van der Waals surface area contributed by atoms with Crippen LogP contribution in [0.4, 0.5) is 0 Å². The Hall–Kier alpha value is -1.11. The fourth-order valence-corrected chi connectivity index (χ4v) is 3.02. The normalized spacial score (nSPS) is 48.8. The van der Waals surface area contributed by atoms with E-state index in [1.54, 1.807) is 0 Å². The van der Waals surface area contributed by atoms with Gasteiger partial charge in [-0.05, 0) is 6.42 Å². The number of carboxylic acids is 1. The highest BCUT2D eigenvalue weighted by molar-refractivity contribution is 5.87. The van der Waals surface area contributed by atoms with E-state index in [1.807, 2.05) is 0 Å². The molecular weight excluding hydrogens is 216 g/mol. The number of rotatable bonds is 2. The number of hydrogen-bond donors (Lipinski definition) is 3. The Balaban J connectivity index is 1.96. The Morgan fingerprint density at radius 3 is 3.00 bits per heavy atom. The van der Waals surface area contributed by atoms with E-state index >= 15 is 0 Å². The van der Waals surface area contributed by atoms with Gasteiger partial charge in [-0.3, -0.25) is 0 Å². The standard InChI is InChI=1S/C10H12O6/c11-3-10-6(16-10)1-4-5(8(12)13)2-15-9(14)7(4)10/h2,4,6-7,9,11,14H,1,3H2,(H,12,13)/t4-,6+,7-,9-,10+/m1/s1. The Morgan fingerprint density at radius 2 is 2.38 bits per heavy atom. The minimum Gasteiger partial charge on any atom is -0.478 e. The number of carboxylic acid groups (broad SMARTS) is 1. The highest BCUT2D eigenvalue weighted by Crippen LogP contribution is 2.60. The van der Waals surface area contributed by atoms with Crippen molar-refractivity contribution in [3.63, 3.8) is 0 Å². The molecule has 0 aromatic rings. The number of fused-ring (bicyclic) bond motifs is 3. The van der Waals surface area contributed by atoms with Gasteiger partial charge in [-0.2, -0.15) is 0 Å². The fourth-order valence-electron chi connectivity index (χ4n) is 3.02. The van der Waals surface area contributed by atoms with Crippen LogP contribution < -0.4 is 0 Å². The molecule has 6 nitrogen and oxygen atoms in total. The maximum absolute atomic E-state index is 11.0. The highest BCUT2D eigenvalue weighted by atomic mass is 16.6. The van der Waals surface area contributed by atoms with Crippen molar-refractivity contribution in [1.82, 2.24) is 0 Å². The van der Waals surface area contributed by atoms with Crippen LogP contribution in [0.25, 0.3) is 0 Å². The number of carbonyl (C=O) groups is 1. The summed E-state index contributed by atoms with van der Waals surface area (Å²) in [6.45, 7) is -0.216. The first kappa shape index (κ1) is 10.1. The van der Waals surface area contributed by atoms with Gasteiger partial charge >= 0.3 is 5.97 Å². The Morgan fingerprint density at radius 1 is 1.62 bits per heavy atom.